The summed E-state index contributed by atoms with van der Waals surface area (Å²) in [6.07, 6.45) is 2.41. The average molecular weight is 561 g/mol. The van der Waals surface area contributed by atoms with Crippen molar-refractivity contribution < 1.29 is 23.1 Å². The van der Waals surface area contributed by atoms with E-state index in [1.165, 1.54) is 50.2 Å². The number of fused-ring (bicyclic) bond motifs is 3. The number of aromatic nitrogens is 3. The van der Waals surface area contributed by atoms with Gasteiger partial charge in [0.25, 0.3) is 5.91 Å². The zero-order chi connectivity index (χ0) is 29.2. The molecule has 3 heterocycles. The van der Waals surface area contributed by atoms with Gasteiger partial charge in [0.2, 0.25) is 0 Å². The molecule has 11 heteroatoms. The lowest BCUT2D eigenvalue weighted by atomic mass is 9.91. The summed E-state index contributed by atoms with van der Waals surface area (Å²) < 4.78 is 47.1. The number of carbonyl (C=O) groups is 1. The van der Waals surface area contributed by atoms with E-state index >= 15 is 8.78 Å². The summed E-state index contributed by atoms with van der Waals surface area (Å²) >= 11 is 0. The highest BCUT2D eigenvalue weighted by atomic mass is 19.2. The normalized spacial score (nSPS) is 20.1. The van der Waals surface area contributed by atoms with Crippen LogP contribution in [0.15, 0.2) is 42.5 Å². The molecule has 2 aliphatic rings. The molecule has 2 fully saturated rings. The molecule has 210 valence electrons. The number of nitrogens with zero attached hydrogens (tertiary/aromatic N) is 5. The van der Waals surface area contributed by atoms with Crippen molar-refractivity contribution >= 4 is 16.9 Å². The Kier molecular flexibility index (Phi) is 6.36. The van der Waals surface area contributed by atoms with E-state index in [0.717, 1.165) is 30.0 Å². The van der Waals surface area contributed by atoms with Crippen LogP contribution in [0.25, 0.3) is 33.3 Å². The number of benzene rings is 3. The van der Waals surface area contributed by atoms with Crippen molar-refractivity contribution in [2.24, 2.45) is 5.73 Å². The predicted octanol–water partition coefficient (Wildman–Crippen LogP) is 4.53. The maximum absolute atomic E-state index is 15.7. The Balaban J connectivity index is 1.51. The fourth-order valence-corrected chi connectivity index (χ4v) is 6.17. The lowest BCUT2D eigenvalue weighted by molar-refractivity contribution is 0.0583. The second kappa shape index (κ2) is 9.68. The number of halogens is 3. The molecule has 0 aliphatic carbocycles. The van der Waals surface area contributed by atoms with Crippen LogP contribution in [0, 0.1) is 28.8 Å². The molecule has 1 amide bonds. The molecule has 2 bridgehead atoms. The van der Waals surface area contributed by atoms with E-state index < -0.39 is 23.1 Å². The van der Waals surface area contributed by atoms with Crippen molar-refractivity contribution in [1.82, 2.24) is 19.9 Å². The quantitative estimate of drug-likeness (QED) is 0.370. The molecule has 3 N–H and O–H groups in total. The minimum atomic E-state index is -1.25. The number of hydrogen-bond acceptors (Lipinski definition) is 6. The van der Waals surface area contributed by atoms with E-state index in [1.54, 1.807) is 11.0 Å². The molecular formula is C30H27F3N6O2. The molecule has 0 radical (unpaired) electrons. The maximum Gasteiger partial charge on any atom is 0.254 e. The van der Waals surface area contributed by atoms with E-state index in [9.17, 15) is 19.6 Å². The van der Waals surface area contributed by atoms with Gasteiger partial charge in [-0.1, -0.05) is 17.3 Å². The maximum atomic E-state index is 15.7. The topological polar surface area (TPSA) is 121 Å². The van der Waals surface area contributed by atoms with Gasteiger partial charge in [0, 0.05) is 29.3 Å². The Hall–Kier alpha value is -4.27. The molecule has 8 nitrogen and oxygen atoms in total. The van der Waals surface area contributed by atoms with Gasteiger partial charge >= 0.3 is 0 Å². The van der Waals surface area contributed by atoms with Crippen LogP contribution in [0.2, 0.25) is 0 Å². The standard InChI is InChI=1S/C30H27F3N6O2/c1-30(2,41)14-38-28-24(36-37-38)12-21(26(32)27(28)33)19-7-5-16(29(40)39-18-6-8-25(39)23(35)11-18)9-20(19)15-3-4-17(13-34)22(31)10-15/h3-5,7,9-10,12,18,23,25,41H,6,8,11,14,35H2,1-2H3/t18-,23+,25+/m1/s1. The fourth-order valence-electron chi connectivity index (χ4n) is 6.17. The number of nitriles is 1. The molecule has 1 aromatic heterocycles. The largest absolute Gasteiger partial charge is 0.389 e. The minimum Gasteiger partial charge on any atom is -0.389 e. The third kappa shape index (κ3) is 4.53. The Labute approximate surface area is 233 Å². The van der Waals surface area contributed by atoms with Crippen LogP contribution >= 0.6 is 0 Å². The molecule has 3 atom stereocenters. The molecule has 2 aliphatic heterocycles. The SMILES string of the molecule is CC(C)(O)Cn1nnc2cc(-c3ccc(C(=O)N4[C@@H]5CC[C@H]4[C@@H](N)C5)cc3-c3ccc(C#N)c(F)c3)c(F)c(F)c21. The second-order valence-electron chi connectivity index (χ2n) is 11.5. The highest BCUT2D eigenvalue weighted by Crippen LogP contribution is 2.41. The van der Waals surface area contributed by atoms with Crippen LogP contribution in [0.4, 0.5) is 13.2 Å². The smallest absolute Gasteiger partial charge is 0.254 e. The number of carbonyl (C=O) groups excluding carboxylic acids is 1. The van der Waals surface area contributed by atoms with E-state index in [0.29, 0.717) is 5.56 Å². The van der Waals surface area contributed by atoms with Crippen LogP contribution in [0.5, 0.6) is 0 Å². The van der Waals surface area contributed by atoms with Crippen LogP contribution in [-0.4, -0.2) is 54.6 Å². The van der Waals surface area contributed by atoms with E-state index in [-0.39, 0.29) is 69.4 Å². The third-order valence-corrected chi connectivity index (χ3v) is 7.99. The predicted molar refractivity (Wildman–Crippen MR) is 145 cm³/mol. The molecule has 3 aromatic carbocycles. The van der Waals surface area contributed by atoms with Crippen molar-refractivity contribution in [2.45, 2.75) is 63.4 Å². The van der Waals surface area contributed by atoms with Crippen molar-refractivity contribution in [2.75, 3.05) is 0 Å². The van der Waals surface area contributed by atoms with Crippen molar-refractivity contribution in [3.63, 3.8) is 0 Å². The summed E-state index contributed by atoms with van der Waals surface area (Å²) in [5, 5.41) is 27.2. The summed E-state index contributed by atoms with van der Waals surface area (Å²) in [5.74, 6) is -3.40. The van der Waals surface area contributed by atoms with Crippen LogP contribution < -0.4 is 5.73 Å². The Morgan fingerprint density at radius 3 is 2.51 bits per heavy atom. The first kappa shape index (κ1) is 26.9. The first-order valence-corrected chi connectivity index (χ1v) is 13.3. The van der Waals surface area contributed by atoms with Gasteiger partial charge in [-0.05, 0) is 80.1 Å². The number of rotatable bonds is 5. The Bertz CT molecular complexity index is 1760. The Morgan fingerprint density at radius 1 is 1.10 bits per heavy atom. The van der Waals surface area contributed by atoms with Gasteiger partial charge in [-0.15, -0.1) is 5.10 Å². The van der Waals surface area contributed by atoms with Gasteiger partial charge < -0.3 is 15.7 Å². The molecule has 0 unspecified atom stereocenters. The lowest BCUT2D eigenvalue weighted by Crippen LogP contribution is -2.40. The molecule has 0 saturated carbocycles. The van der Waals surface area contributed by atoms with Gasteiger partial charge in [0.15, 0.2) is 11.6 Å². The molecule has 6 rings (SSSR count). The van der Waals surface area contributed by atoms with Gasteiger partial charge in [-0.3, -0.25) is 4.79 Å². The molecule has 0 spiro atoms. The molecule has 2 saturated heterocycles. The summed E-state index contributed by atoms with van der Waals surface area (Å²) in [5.41, 5.74) is 5.56. The monoisotopic (exact) mass is 560 g/mol. The van der Waals surface area contributed by atoms with E-state index in [1.807, 2.05) is 0 Å². The highest BCUT2D eigenvalue weighted by molar-refractivity contribution is 5.99. The molecule has 4 aromatic rings. The summed E-state index contributed by atoms with van der Waals surface area (Å²) in [6.45, 7) is 2.90. The zero-order valence-electron chi connectivity index (χ0n) is 22.4. The first-order chi connectivity index (χ1) is 19.5. The van der Waals surface area contributed by atoms with Gasteiger partial charge in [-0.2, -0.15) is 5.26 Å². The van der Waals surface area contributed by atoms with Crippen LogP contribution in [-0.2, 0) is 6.54 Å². The summed E-state index contributed by atoms with van der Waals surface area (Å²) in [7, 11) is 0. The van der Waals surface area contributed by atoms with E-state index in [2.05, 4.69) is 10.3 Å². The van der Waals surface area contributed by atoms with Crippen molar-refractivity contribution in [3.05, 3.63) is 71.0 Å². The van der Waals surface area contributed by atoms with Crippen LogP contribution in [0.1, 0.15) is 49.0 Å². The minimum absolute atomic E-state index is 0.0402. The zero-order valence-corrected chi connectivity index (χ0v) is 22.4. The van der Waals surface area contributed by atoms with Gasteiger partial charge in [0.1, 0.15) is 22.9 Å². The average Bonchev–Trinajstić information content (AvgIpc) is 3.61. The lowest BCUT2D eigenvalue weighted by Gasteiger charge is -2.24. The Morgan fingerprint density at radius 2 is 1.88 bits per heavy atom. The van der Waals surface area contributed by atoms with Gasteiger partial charge in [-0.25, -0.2) is 17.9 Å². The van der Waals surface area contributed by atoms with Gasteiger partial charge in [0.05, 0.1) is 17.7 Å². The number of hydrogen-bond donors (Lipinski definition) is 2. The van der Waals surface area contributed by atoms with E-state index in [4.69, 9.17) is 5.73 Å². The van der Waals surface area contributed by atoms with Crippen molar-refractivity contribution in [1.29, 1.82) is 5.26 Å². The molecule has 41 heavy (non-hydrogen) atoms. The first-order valence-electron chi connectivity index (χ1n) is 13.3. The summed E-state index contributed by atoms with van der Waals surface area (Å²) in [6, 6.07) is 11.5. The third-order valence-electron chi connectivity index (χ3n) is 7.99. The number of nitrogens with two attached hydrogens (primary N) is 1. The highest BCUT2D eigenvalue weighted by Gasteiger charge is 2.47. The summed E-state index contributed by atoms with van der Waals surface area (Å²) in [4.78, 5) is 15.4. The van der Waals surface area contributed by atoms with Crippen molar-refractivity contribution in [3.8, 4) is 28.3 Å². The number of aliphatic hydroxyl groups is 1. The van der Waals surface area contributed by atoms with Crippen LogP contribution in [0.3, 0.4) is 0 Å². The fraction of sp³-hybridized carbons (Fsp3) is 0.333. The number of amides is 1. The molecular weight excluding hydrogens is 533 g/mol. The second-order valence-corrected chi connectivity index (χ2v) is 11.5.